The number of benzene rings is 7. The molecule has 12 rings (SSSR count). The van der Waals surface area contributed by atoms with Crippen molar-refractivity contribution in [1.82, 2.24) is 4.57 Å². The van der Waals surface area contributed by atoms with Crippen LogP contribution in [-0.2, 0) is 11.3 Å². The minimum Gasteiger partial charge on any atom is -0.392 e. The number of hydrogen-bond donors (Lipinski definition) is 0. The van der Waals surface area contributed by atoms with Crippen molar-refractivity contribution in [1.29, 1.82) is 0 Å². The van der Waals surface area contributed by atoms with Gasteiger partial charge >= 0.3 is 11.7 Å². The van der Waals surface area contributed by atoms with E-state index in [4.69, 9.17) is 6.11 Å². The van der Waals surface area contributed by atoms with Crippen molar-refractivity contribution in [2.24, 2.45) is 5.41 Å². The average molecular weight is 847 g/mol. The van der Waals surface area contributed by atoms with E-state index in [2.05, 4.69) is 226 Å². The summed E-state index contributed by atoms with van der Waals surface area (Å²) < 4.78 is 24.1. The second kappa shape index (κ2) is 13.7. The van der Waals surface area contributed by atoms with Crippen molar-refractivity contribution in [2.75, 3.05) is 0 Å². The molecule has 318 valence electrons. The molecule has 1 spiro atoms. The van der Waals surface area contributed by atoms with Crippen molar-refractivity contribution in [3.8, 4) is 78.6 Å². The number of hydrogen-bond acceptors (Lipinski definition) is 1. The molecule has 7 aromatic carbocycles. The number of imidazole rings is 1. The lowest BCUT2D eigenvalue weighted by molar-refractivity contribution is -0.997. The molecule has 1 atom stereocenters. The first-order valence-corrected chi connectivity index (χ1v) is 23.1. The van der Waals surface area contributed by atoms with Crippen molar-refractivity contribution in [3.63, 3.8) is 0 Å². The first kappa shape index (κ1) is 38.4. The number of rotatable bonds is 6. The number of aromatic nitrogens is 3. The third-order valence-electron chi connectivity index (χ3n) is 15.2. The predicted molar refractivity (Wildman–Crippen MR) is 265 cm³/mol. The minimum atomic E-state index is -1.09. The Kier molecular flexibility index (Phi) is 8.12. The summed E-state index contributed by atoms with van der Waals surface area (Å²) in [6.07, 6.45) is 2.25. The van der Waals surface area contributed by atoms with Crippen molar-refractivity contribution in [2.45, 2.75) is 79.5 Å². The molecule has 3 aliphatic rings. The van der Waals surface area contributed by atoms with Crippen LogP contribution in [-0.4, -0.2) is 4.57 Å². The van der Waals surface area contributed by atoms with Crippen LogP contribution in [0.5, 0.6) is 5.75 Å². The molecule has 0 N–H and O–H groups in total. The lowest BCUT2D eigenvalue weighted by atomic mass is 9.65. The lowest BCUT2D eigenvalue weighted by Crippen LogP contribution is -2.78. The van der Waals surface area contributed by atoms with Crippen LogP contribution in [0.2, 0.25) is 0 Å². The second-order valence-electron chi connectivity index (χ2n) is 20.4. The predicted octanol–water partition coefficient (Wildman–Crippen LogP) is 14.5. The molecule has 9 aromatic rings. The Labute approximate surface area is 384 Å². The van der Waals surface area contributed by atoms with Gasteiger partial charge in [0.25, 0.3) is 0 Å². The fraction of sp³-hybridized carbons (Fsp3) is 0.213. The van der Waals surface area contributed by atoms with Crippen molar-refractivity contribution in [3.05, 3.63) is 192 Å². The van der Waals surface area contributed by atoms with Crippen LogP contribution < -0.4 is 13.9 Å². The second-order valence-corrected chi connectivity index (χ2v) is 20.4. The van der Waals surface area contributed by atoms with Gasteiger partial charge in [-0.3, -0.25) is 0 Å². The standard InChI is InChI=1S/C61H55N3O/c1-37(2)40-23-25-42(26-24-40)44-29-30-62-54(35-44)50-34-45(41-17-12-10-13-18-41)33-49-47-21-16-22-53-56(47)64-58(51-32-38(3)31-39(4)57(51)65-61(62,64)55(49)50)63(53)52-28-27-46(60(8,9)59(5,6)7)36-48(52)43-19-14-11-15-20-43/h10-37H,1-9H3/q+2/i37D. The van der Waals surface area contributed by atoms with Gasteiger partial charge in [-0.1, -0.05) is 152 Å². The lowest BCUT2D eigenvalue weighted by Gasteiger charge is -2.39. The summed E-state index contributed by atoms with van der Waals surface area (Å²) in [6.45, 7) is 20.1. The van der Waals surface area contributed by atoms with Gasteiger partial charge in [0.15, 0.2) is 23.0 Å². The van der Waals surface area contributed by atoms with Crippen LogP contribution in [0.4, 0.5) is 0 Å². The third-order valence-corrected chi connectivity index (χ3v) is 15.2. The van der Waals surface area contributed by atoms with E-state index >= 15 is 0 Å². The summed E-state index contributed by atoms with van der Waals surface area (Å²) in [5.74, 6) is 0.212. The van der Waals surface area contributed by atoms with Gasteiger partial charge in [0.2, 0.25) is 5.69 Å². The van der Waals surface area contributed by atoms with E-state index in [9.17, 15) is 0 Å². The molecule has 0 amide bonds. The summed E-state index contributed by atoms with van der Waals surface area (Å²) in [7, 11) is 0. The largest absolute Gasteiger partial charge is 0.499 e. The zero-order chi connectivity index (χ0) is 45.7. The highest BCUT2D eigenvalue weighted by Crippen LogP contribution is 2.55. The van der Waals surface area contributed by atoms with E-state index < -0.39 is 11.7 Å². The molecule has 3 aliphatic heterocycles. The SMILES string of the molecule is [2H]C(C)(C)c1ccc(-c2cc[n+]3c(c2)-c2cc(-c4ccccc4)cc4c2C32Oc3c(C)cc(C)cc3-c3n(-c5ccc(C(C)(C)C(C)(C)C)cc5-c5ccccc5)c5cccc-4c5[n+]32)cc1. The van der Waals surface area contributed by atoms with Gasteiger partial charge in [-0.05, 0) is 123 Å². The zero-order valence-corrected chi connectivity index (χ0v) is 38.8. The van der Waals surface area contributed by atoms with Crippen molar-refractivity contribution < 1.29 is 15.2 Å². The van der Waals surface area contributed by atoms with E-state index in [0.29, 0.717) is 0 Å². The van der Waals surface area contributed by atoms with E-state index in [-0.39, 0.29) is 10.8 Å². The minimum absolute atomic E-state index is 0.0281. The summed E-state index contributed by atoms with van der Waals surface area (Å²) >= 11 is 0. The van der Waals surface area contributed by atoms with Gasteiger partial charge in [-0.2, -0.15) is 4.57 Å². The first-order valence-electron chi connectivity index (χ1n) is 23.6. The van der Waals surface area contributed by atoms with Crippen LogP contribution in [0.25, 0.3) is 83.9 Å². The molecule has 1 unspecified atom stereocenters. The third kappa shape index (κ3) is 5.49. The summed E-state index contributed by atoms with van der Waals surface area (Å²) in [5.41, 5.74) is 21.7. The van der Waals surface area contributed by atoms with Crippen LogP contribution in [0.3, 0.4) is 0 Å². The molecule has 4 heteroatoms. The maximum atomic E-state index is 8.68. The highest BCUT2D eigenvalue weighted by molar-refractivity contribution is 5.99. The molecule has 4 nitrogen and oxygen atoms in total. The normalized spacial score (nSPS) is 15.9. The molecule has 0 saturated heterocycles. The van der Waals surface area contributed by atoms with Crippen molar-refractivity contribution >= 4 is 11.0 Å². The van der Waals surface area contributed by atoms with Gasteiger partial charge in [0.05, 0.1) is 5.56 Å². The van der Waals surface area contributed by atoms with Crippen LogP contribution in [0.15, 0.2) is 164 Å². The Morgan fingerprint density at radius 2 is 1.29 bits per heavy atom. The highest BCUT2D eigenvalue weighted by Gasteiger charge is 2.68. The topological polar surface area (TPSA) is 21.9 Å². The molecular weight excluding hydrogens is 791 g/mol. The molecule has 0 aliphatic carbocycles. The molecule has 0 radical (unpaired) electrons. The molecular formula is C61H55N3O+2. The van der Waals surface area contributed by atoms with Gasteiger partial charge in [-0.25, -0.2) is 0 Å². The van der Waals surface area contributed by atoms with Gasteiger partial charge in [0.1, 0.15) is 16.8 Å². The Balaban J connectivity index is 1.22. The Hall–Kier alpha value is -7.04. The fourth-order valence-electron chi connectivity index (χ4n) is 10.9. The summed E-state index contributed by atoms with van der Waals surface area (Å²) in [5, 5.41) is 0. The quantitative estimate of drug-likeness (QED) is 0.153. The summed E-state index contributed by atoms with van der Waals surface area (Å²) in [6, 6.07) is 58.3. The number of ether oxygens (including phenoxy) is 1. The van der Waals surface area contributed by atoms with E-state index in [1.54, 1.807) is 0 Å². The smallest absolute Gasteiger partial charge is 0.392 e. The number of aryl methyl sites for hydroxylation is 2. The molecule has 0 fully saturated rings. The maximum Gasteiger partial charge on any atom is 0.499 e. The number of para-hydroxylation sites is 1. The van der Waals surface area contributed by atoms with Crippen LogP contribution in [0, 0.1) is 19.3 Å². The van der Waals surface area contributed by atoms with E-state index in [0.717, 1.165) is 78.5 Å². The van der Waals surface area contributed by atoms with Crippen LogP contribution >= 0.6 is 0 Å². The van der Waals surface area contributed by atoms with E-state index in [1.165, 1.54) is 38.9 Å². The Morgan fingerprint density at radius 3 is 2.00 bits per heavy atom. The van der Waals surface area contributed by atoms with Gasteiger partial charge in [-0.15, -0.1) is 9.13 Å². The van der Waals surface area contributed by atoms with Crippen LogP contribution in [0.1, 0.15) is 83.5 Å². The molecule has 2 aromatic heterocycles. The highest BCUT2D eigenvalue weighted by atomic mass is 16.5. The number of nitrogens with zero attached hydrogens (tertiary/aromatic N) is 3. The average Bonchev–Trinajstić information content (AvgIpc) is 3.80. The molecule has 5 heterocycles. The maximum absolute atomic E-state index is 8.68. The fourth-order valence-corrected chi connectivity index (χ4v) is 10.9. The number of pyridine rings is 1. The number of fused-ring (bicyclic) bond motifs is 5. The Bertz CT molecular complexity index is 3500. The molecule has 0 bridgehead atoms. The summed E-state index contributed by atoms with van der Waals surface area (Å²) in [4.78, 5) is 0. The zero-order valence-electron chi connectivity index (χ0n) is 39.8. The Morgan fingerprint density at radius 1 is 0.600 bits per heavy atom. The van der Waals surface area contributed by atoms with Gasteiger partial charge in [0, 0.05) is 30.2 Å². The molecule has 0 saturated carbocycles. The molecule has 65 heavy (non-hydrogen) atoms. The monoisotopic (exact) mass is 846 g/mol. The first-order chi connectivity index (χ1) is 31.6. The van der Waals surface area contributed by atoms with Gasteiger partial charge < -0.3 is 4.74 Å². The van der Waals surface area contributed by atoms with E-state index in [1.807, 2.05) is 13.8 Å².